The molecule has 0 aliphatic carbocycles. The van der Waals surface area contributed by atoms with Crippen LogP contribution >= 0.6 is 27.5 Å². The lowest BCUT2D eigenvalue weighted by atomic mass is 10.2. The average Bonchev–Trinajstić information content (AvgIpc) is 2.46. The Balaban J connectivity index is 1.97. The molecule has 3 nitrogen and oxygen atoms in total. The first-order chi connectivity index (χ1) is 10.9. The van der Waals surface area contributed by atoms with Crippen molar-refractivity contribution in [3.63, 3.8) is 0 Å². The summed E-state index contributed by atoms with van der Waals surface area (Å²) in [5, 5.41) is 3.19. The first-order valence-corrected chi connectivity index (χ1v) is 8.21. The number of halogens is 3. The van der Waals surface area contributed by atoms with E-state index in [1.807, 2.05) is 25.1 Å². The van der Waals surface area contributed by atoms with E-state index in [0.717, 1.165) is 10.0 Å². The number of benzene rings is 2. The molecule has 0 saturated carbocycles. The number of hydrogen-bond acceptors (Lipinski definition) is 2. The van der Waals surface area contributed by atoms with Gasteiger partial charge in [0.1, 0.15) is 5.82 Å². The predicted octanol–water partition coefficient (Wildman–Crippen LogP) is 4.62. The van der Waals surface area contributed by atoms with Crippen LogP contribution in [0.4, 0.5) is 10.1 Å². The molecule has 0 atom stereocenters. The maximum Gasteiger partial charge on any atom is 0.238 e. The second-order valence-electron chi connectivity index (χ2n) is 5.40. The molecule has 2 rings (SSSR count). The van der Waals surface area contributed by atoms with Crippen molar-refractivity contribution in [2.75, 3.05) is 18.9 Å². The molecule has 122 valence electrons. The largest absolute Gasteiger partial charge is 0.324 e. The number of nitrogens with zero attached hydrogens (tertiary/aromatic N) is 1. The summed E-state index contributed by atoms with van der Waals surface area (Å²) in [6, 6.07) is 10.2. The van der Waals surface area contributed by atoms with Crippen LogP contribution in [0.3, 0.4) is 0 Å². The van der Waals surface area contributed by atoms with Gasteiger partial charge in [0.05, 0.1) is 12.2 Å². The molecule has 2 aromatic rings. The average molecular weight is 400 g/mol. The zero-order valence-corrected chi connectivity index (χ0v) is 15.2. The zero-order chi connectivity index (χ0) is 17.0. The highest BCUT2D eigenvalue weighted by atomic mass is 79.9. The number of hydrogen-bond donors (Lipinski definition) is 1. The van der Waals surface area contributed by atoms with E-state index in [1.165, 1.54) is 6.07 Å². The first kappa shape index (κ1) is 17.9. The molecule has 2 aromatic carbocycles. The molecule has 0 saturated heterocycles. The van der Waals surface area contributed by atoms with Crippen LogP contribution in [0.2, 0.25) is 5.02 Å². The van der Waals surface area contributed by atoms with Crippen LogP contribution in [0, 0.1) is 12.7 Å². The molecule has 0 aromatic heterocycles. The zero-order valence-electron chi connectivity index (χ0n) is 12.9. The number of amides is 1. The van der Waals surface area contributed by atoms with Gasteiger partial charge in [-0.3, -0.25) is 9.69 Å². The number of carbonyl (C=O) groups is 1. The van der Waals surface area contributed by atoms with Gasteiger partial charge < -0.3 is 5.32 Å². The maximum absolute atomic E-state index is 13.8. The molecule has 23 heavy (non-hydrogen) atoms. The van der Waals surface area contributed by atoms with E-state index in [-0.39, 0.29) is 24.8 Å². The van der Waals surface area contributed by atoms with Crippen LogP contribution in [0.15, 0.2) is 40.9 Å². The van der Waals surface area contributed by atoms with Crippen molar-refractivity contribution in [2.24, 2.45) is 0 Å². The van der Waals surface area contributed by atoms with Crippen LogP contribution in [-0.4, -0.2) is 24.4 Å². The van der Waals surface area contributed by atoms with Gasteiger partial charge >= 0.3 is 0 Å². The van der Waals surface area contributed by atoms with Crippen molar-refractivity contribution in [1.29, 1.82) is 0 Å². The quantitative estimate of drug-likeness (QED) is 0.795. The van der Waals surface area contributed by atoms with E-state index in [4.69, 9.17) is 11.6 Å². The lowest BCUT2D eigenvalue weighted by molar-refractivity contribution is -0.117. The van der Waals surface area contributed by atoms with Gasteiger partial charge in [0.25, 0.3) is 0 Å². The molecule has 0 aliphatic rings. The summed E-state index contributed by atoms with van der Waals surface area (Å²) >= 11 is 9.42. The summed E-state index contributed by atoms with van der Waals surface area (Å²) in [4.78, 5) is 13.8. The van der Waals surface area contributed by atoms with Crippen molar-refractivity contribution in [1.82, 2.24) is 4.90 Å². The van der Waals surface area contributed by atoms with E-state index < -0.39 is 0 Å². The molecule has 0 bridgehead atoms. The topological polar surface area (TPSA) is 32.3 Å². The molecule has 0 heterocycles. The summed E-state index contributed by atoms with van der Waals surface area (Å²) in [5.41, 5.74) is 2.19. The monoisotopic (exact) mass is 398 g/mol. The number of anilines is 1. The number of carbonyl (C=O) groups excluding carboxylic acids is 1. The van der Waals surface area contributed by atoms with E-state index >= 15 is 0 Å². The highest BCUT2D eigenvalue weighted by Gasteiger charge is 2.13. The van der Waals surface area contributed by atoms with Crippen LogP contribution in [0.25, 0.3) is 0 Å². The molecule has 0 aliphatic heterocycles. The molecule has 1 N–H and O–H groups in total. The van der Waals surface area contributed by atoms with Crippen molar-refractivity contribution in [3.05, 3.63) is 62.8 Å². The Morgan fingerprint density at radius 3 is 2.74 bits per heavy atom. The van der Waals surface area contributed by atoms with Crippen LogP contribution < -0.4 is 5.32 Å². The molecule has 0 fully saturated rings. The van der Waals surface area contributed by atoms with Gasteiger partial charge in [-0.05, 0) is 59.7 Å². The van der Waals surface area contributed by atoms with Gasteiger partial charge in [0, 0.05) is 21.6 Å². The van der Waals surface area contributed by atoms with Gasteiger partial charge in [0.2, 0.25) is 5.91 Å². The fourth-order valence-corrected chi connectivity index (χ4v) is 2.98. The second kappa shape index (κ2) is 7.90. The first-order valence-electron chi connectivity index (χ1n) is 7.04. The van der Waals surface area contributed by atoms with Gasteiger partial charge in [-0.15, -0.1) is 0 Å². The lowest BCUT2D eigenvalue weighted by Gasteiger charge is -2.18. The molecule has 6 heteroatoms. The molecular weight excluding hydrogens is 383 g/mol. The minimum Gasteiger partial charge on any atom is -0.324 e. The van der Waals surface area contributed by atoms with E-state index in [9.17, 15) is 9.18 Å². The van der Waals surface area contributed by atoms with Crippen molar-refractivity contribution >= 4 is 39.1 Å². The summed E-state index contributed by atoms with van der Waals surface area (Å²) < 4.78 is 14.6. The van der Waals surface area contributed by atoms with Gasteiger partial charge in [-0.1, -0.05) is 23.7 Å². The van der Waals surface area contributed by atoms with Gasteiger partial charge in [0.15, 0.2) is 0 Å². The minimum absolute atomic E-state index is 0.130. The third-order valence-electron chi connectivity index (χ3n) is 3.30. The van der Waals surface area contributed by atoms with E-state index in [2.05, 4.69) is 21.2 Å². The summed E-state index contributed by atoms with van der Waals surface area (Å²) in [6.45, 7) is 2.36. The standard InChI is InChI=1S/C17H17BrClFN2O/c1-11-6-7-16(13(18)8-11)21-17(23)10-22(2)9-12-14(19)4-3-5-15(12)20/h3-8H,9-10H2,1-2H3,(H,21,23). The minimum atomic E-state index is -0.369. The Bertz CT molecular complexity index is 703. The SMILES string of the molecule is Cc1ccc(NC(=O)CN(C)Cc2c(F)cccc2Cl)c(Br)c1. The molecule has 0 unspecified atom stereocenters. The van der Waals surface area contributed by atoms with Crippen molar-refractivity contribution in [3.8, 4) is 0 Å². The van der Waals surface area contributed by atoms with Crippen LogP contribution in [-0.2, 0) is 11.3 Å². The Kier molecular flexibility index (Phi) is 6.16. The fraction of sp³-hybridized carbons (Fsp3) is 0.235. The highest BCUT2D eigenvalue weighted by Crippen LogP contribution is 2.23. The number of likely N-dealkylation sites (N-methyl/N-ethyl adjacent to an activating group) is 1. The third kappa shape index (κ3) is 5.03. The normalized spacial score (nSPS) is 10.9. The van der Waals surface area contributed by atoms with Crippen molar-refractivity contribution < 1.29 is 9.18 Å². The number of aryl methyl sites for hydroxylation is 1. The fourth-order valence-electron chi connectivity index (χ4n) is 2.17. The predicted molar refractivity (Wildman–Crippen MR) is 95.3 cm³/mol. The summed E-state index contributed by atoms with van der Waals surface area (Å²) in [6.07, 6.45) is 0. The van der Waals surface area contributed by atoms with Crippen LogP contribution in [0.1, 0.15) is 11.1 Å². The molecule has 0 radical (unpaired) electrons. The number of rotatable bonds is 5. The van der Waals surface area contributed by atoms with E-state index in [0.29, 0.717) is 16.3 Å². The Labute approximate surface area is 148 Å². The van der Waals surface area contributed by atoms with E-state index in [1.54, 1.807) is 24.1 Å². The summed E-state index contributed by atoms with van der Waals surface area (Å²) in [7, 11) is 1.74. The third-order valence-corrected chi connectivity index (χ3v) is 4.31. The summed E-state index contributed by atoms with van der Waals surface area (Å²) in [5.74, 6) is -0.546. The molecule has 0 spiro atoms. The Morgan fingerprint density at radius 1 is 1.35 bits per heavy atom. The molecule has 1 amide bonds. The highest BCUT2D eigenvalue weighted by molar-refractivity contribution is 9.10. The van der Waals surface area contributed by atoms with Gasteiger partial charge in [-0.25, -0.2) is 4.39 Å². The Hall–Kier alpha value is -1.43. The maximum atomic E-state index is 13.8. The Morgan fingerprint density at radius 2 is 2.09 bits per heavy atom. The van der Waals surface area contributed by atoms with Crippen LogP contribution in [0.5, 0.6) is 0 Å². The van der Waals surface area contributed by atoms with Gasteiger partial charge in [-0.2, -0.15) is 0 Å². The smallest absolute Gasteiger partial charge is 0.238 e. The van der Waals surface area contributed by atoms with Crippen molar-refractivity contribution in [2.45, 2.75) is 13.5 Å². The molecular formula is C17H17BrClFN2O. The number of nitrogens with one attached hydrogen (secondary N) is 1. The lowest BCUT2D eigenvalue weighted by Crippen LogP contribution is -2.30. The second-order valence-corrected chi connectivity index (χ2v) is 6.67.